The number of halogens is 3. The van der Waals surface area contributed by atoms with Crippen LogP contribution in [0.1, 0.15) is 48.0 Å². The van der Waals surface area contributed by atoms with Crippen LogP contribution in [0.5, 0.6) is 0 Å². The topological polar surface area (TPSA) is 46.6 Å². The van der Waals surface area contributed by atoms with Gasteiger partial charge in [-0.15, -0.1) is 0 Å². The molecule has 8 heteroatoms. The van der Waals surface area contributed by atoms with Gasteiger partial charge in [0.25, 0.3) is 0 Å². The van der Waals surface area contributed by atoms with Crippen LogP contribution in [0.4, 0.5) is 18.9 Å². The van der Waals surface area contributed by atoms with Crippen molar-refractivity contribution in [3.05, 3.63) is 29.3 Å². The van der Waals surface area contributed by atoms with Crippen LogP contribution in [0.3, 0.4) is 0 Å². The molecule has 0 aliphatic carbocycles. The fourth-order valence-corrected chi connectivity index (χ4v) is 3.85. The van der Waals surface area contributed by atoms with E-state index in [2.05, 4.69) is 4.90 Å². The third kappa shape index (κ3) is 5.15. The summed E-state index contributed by atoms with van der Waals surface area (Å²) in [5.74, 6) is -1.59. The summed E-state index contributed by atoms with van der Waals surface area (Å²) in [6.45, 7) is 3.47. The van der Waals surface area contributed by atoms with Gasteiger partial charge >= 0.3 is 35.7 Å². The van der Waals surface area contributed by atoms with Crippen molar-refractivity contribution >= 4 is 11.7 Å². The van der Waals surface area contributed by atoms with E-state index < -0.39 is 23.3 Å². The van der Waals surface area contributed by atoms with Crippen LogP contribution in [0.2, 0.25) is 0 Å². The average molecular weight is 378 g/mol. The Labute approximate surface area is 173 Å². The second kappa shape index (κ2) is 8.95. The van der Waals surface area contributed by atoms with E-state index in [1.807, 2.05) is 4.90 Å². The van der Waals surface area contributed by atoms with Gasteiger partial charge in [-0.05, 0) is 62.5 Å². The van der Waals surface area contributed by atoms with Crippen LogP contribution in [-0.4, -0.2) is 43.1 Å². The van der Waals surface area contributed by atoms with Crippen LogP contribution in [0, 0.1) is 0 Å². The van der Waals surface area contributed by atoms with E-state index in [0.717, 1.165) is 32.0 Å². The Kier molecular flexibility index (Phi) is 7.42. The van der Waals surface area contributed by atoms with Crippen molar-refractivity contribution in [2.45, 2.75) is 44.3 Å². The van der Waals surface area contributed by atoms with Crippen molar-refractivity contribution in [2.24, 2.45) is 0 Å². The summed E-state index contributed by atoms with van der Waals surface area (Å²) in [6, 6.07) is 3.43. The summed E-state index contributed by atoms with van der Waals surface area (Å²) in [5, 5.41) is 11.1. The van der Waals surface area contributed by atoms with E-state index in [1.165, 1.54) is 25.3 Å². The molecule has 4 nitrogen and oxygen atoms in total. The maximum Gasteiger partial charge on any atom is 1.00 e. The van der Waals surface area contributed by atoms with Crippen LogP contribution in [-0.2, 0) is 6.18 Å². The zero-order valence-corrected chi connectivity index (χ0v) is 17.0. The van der Waals surface area contributed by atoms with Crippen LogP contribution in [0.15, 0.2) is 18.2 Å². The molecule has 26 heavy (non-hydrogen) atoms. The van der Waals surface area contributed by atoms with Gasteiger partial charge in [-0.1, -0.05) is 6.42 Å². The summed E-state index contributed by atoms with van der Waals surface area (Å²) in [6.07, 6.45) is 0.886. The molecule has 0 radical (unpaired) electrons. The zero-order chi connectivity index (χ0) is 18.0. The van der Waals surface area contributed by atoms with E-state index in [9.17, 15) is 23.1 Å². The van der Waals surface area contributed by atoms with Gasteiger partial charge in [0.1, 0.15) is 0 Å². The second-order valence-corrected chi connectivity index (χ2v) is 6.87. The first kappa shape index (κ1) is 21.5. The number of anilines is 1. The number of nitrogens with zero attached hydrogens (tertiary/aromatic N) is 2. The number of rotatable bonds is 3. The Morgan fingerprint density at radius 2 is 1.62 bits per heavy atom. The van der Waals surface area contributed by atoms with Gasteiger partial charge in [-0.25, -0.2) is 0 Å². The molecule has 0 amide bonds. The number of hydrogen-bond donors (Lipinski definition) is 0. The standard InChI is InChI=1S/C18H23F3N2O2.Na/c19-18(20,21)14-10-13(17(24)25)11-16(12-14)23-8-4-15(5-9-23)22-6-2-1-3-7-22;/h10-12,15H,1-9H2,(H,24,25);/q;+1/p-1. The van der Waals surface area contributed by atoms with Crippen LogP contribution < -0.4 is 39.6 Å². The Balaban J connectivity index is 0.00000243. The summed E-state index contributed by atoms with van der Waals surface area (Å²) in [7, 11) is 0. The predicted octanol–water partition coefficient (Wildman–Crippen LogP) is -0.472. The number of aromatic carboxylic acids is 1. The van der Waals surface area contributed by atoms with Crippen molar-refractivity contribution in [2.75, 3.05) is 31.1 Å². The number of benzene rings is 1. The molecule has 0 bridgehead atoms. The van der Waals surface area contributed by atoms with Crippen molar-refractivity contribution in [3.63, 3.8) is 0 Å². The van der Waals surface area contributed by atoms with Gasteiger partial charge in [0.15, 0.2) is 0 Å². The minimum absolute atomic E-state index is 0. The van der Waals surface area contributed by atoms with E-state index in [-0.39, 0.29) is 29.6 Å². The average Bonchev–Trinajstić information content (AvgIpc) is 2.61. The molecule has 0 aromatic heterocycles. The molecule has 1 aromatic rings. The maximum atomic E-state index is 13.0. The number of carbonyl (C=O) groups is 1. The number of alkyl halides is 3. The van der Waals surface area contributed by atoms with Gasteiger partial charge in [0.05, 0.1) is 11.5 Å². The van der Waals surface area contributed by atoms with Crippen molar-refractivity contribution in [3.8, 4) is 0 Å². The molecule has 138 valence electrons. The van der Waals surface area contributed by atoms with Crippen molar-refractivity contribution in [1.82, 2.24) is 4.90 Å². The first-order valence-electron chi connectivity index (χ1n) is 8.77. The minimum Gasteiger partial charge on any atom is -0.545 e. The Bertz CT molecular complexity index is 625. The molecule has 0 atom stereocenters. The van der Waals surface area contributed by atoms with Gasteiger partial charge in [-0.3, -0.25) is 0 Å². The molecular formula is C18H22F3N2NaO2. The summed E-state index contributed by atoms with van der Waals surface area (Å²) in [5.41, 5.74) is -1.06. The maximum absolute atomic E-state index is 13.0. The molecule has 2 aliphatic heterocycles. The third-order valence-corrected chi connectivity index (χ3v) is 5.22. The molecule has 2 saturated heterocycles. The number of carboxylic acid groups (broad SMARTS) is 1. The van der Waals surface area contributed by atoms with Crippen LogP contribution in [0.25, 0.3) is 0 Å². The van der Waals surface area contributed by atoms with Gasteiger partial charge in [0.2, 0.25) is 0 Å². The van der Waals surface area contributed by atoms with Crippen molar-refractivity contribution < 1.29 is 52.6 Å². The number of carbonyl (C=O) groups excluding carboxylic acids is 1. The summed E-state index contributed by atoms with van der Waals surface area (Å²) >= 11 is 0. The van der Waals surface area contributed by atoms with Gasteiger partial charge in [0, 0.05) is 24.8 Å². The monoisotopic (exact) mass is 378 g/mol. The normalized spacial score (nSPS) is 19.9. The largest absolute Gasteiger partial charge is 1.00 e. The molecule has 1 aromatic carbocycles. The van der Waals surface area contributed by atoms with E-state index >= 15 is 0 Å². The number of piperidine rings is 2. The van der Waals surface area contributed by atoms with E-state index in [0.29, 0.717) is 30.9 Å². The third-order valence-electron chi connectivity index (χ3n) is 5.22. The van der Waals surface area contributed by atoms with E-state index in [4.69, 9.17) is 0 Å². The molecule has 0 saturated carbocycles. The summed E-state index contributed by atoms with van der Waals surface area (Å²) < 4.78 is 39.1. The fourth-order valence-electron chi connectivity index (χ4n) is 3.85. The van der Waals surface area contributed by atoms with Gasteiger partial charge in [-0.2, -0.15) is 13.2 Å². The Morgan fingerprint density at radius 1 is 1.00 bits per heavy atom. The fraction of sp³-hybridized carbons (Fsp3) is 0.611. The quantitative estimate of drug-likeness (QED) is 0.668. The molecule has 0 N–H and O–H groups in total. The number of hydrogen-bond acceptors (Lipinski definition) is 4. The molecule has 2 heterocycles. The first-order valence-corrected chi connectivity index (χ1v) is 8.77. The van der Waals surface area contributed by atoms with Gasteiger partial charge < -0.3 is 19.7 Å². The van der Waals surface area contributed by atoms with E-state index in [1.54, 1.807) is 0 Å². The molecule has 2 aliphatic rings. The number of likely N-dealkylation sites (tertiary alicyclic amines) is 1. The molecule has 2 fully saturated rings. The smallest absolute Gasteiger partial charge is 0.545 e. The number of carboxylic acids is 1. The summed E-state index contributed by atoms with van der Waals surface area (Å²) in [4.78, 5) is 15.4. The Morgan fingerprint density at radius 3 is 2.15 bits per heavy atom. The Hall–Kier alpha value is -0.760. The zero-order valence-electron chi connectivity index (χ0n) is 15.0. The molecule has 0 spiro atoms. The molecular weight excluding hydrogens is 356 g/mol. The SMILES string of the molecule is O=C([O-])c1cc(N2CCC(N3CCCCC3)CC2)cc(C(F)(F)F)c1.[Na+]. The minimum atomic E-state index is -4.58. The molecule has 3 rings (SSSR count). The molecule has 0 unspecified atom stereocenters. The van der Waals surface area contributed by atoms with Crippen molar-refractivity contribution in [1.29, 1.82) is 0 Å². The first-order chi connectivity index (χ1) is 11.8. The second-order valence-electron chi connectivity index (χ2n) is 6.87. The van der Waals surface area contributed by atoms with Crippen LogP contribution >= 0.6 is 0 Å². The predicted molar refractivity (Wildman–Crippen MR) is 86.4 cm³/mol.